The molecule has 0 unspecified atom stereocenters. The van der Waals surface area contributed by atoms with E-state index in [4.69, 9.17) is 25.7 Å². The second kappa shape index (κ2) is 10.8. The number of nitrogens with zero attached hydrogens (tertiary/aromatic N) is 1. The van der Waals surface area contributed by atoms with Crippen molar-refractivity contribution in [3.63, 3.8) is 0 Å². The first-order valence-electron chi connectivity index (χ1n) is 8.97. The van der Waals surface area contributed by atoms with E-state index in [1.165, 1.54) is 0 Å². The molecule has 0 saturated heterocycles. The van der Waals surface area contributed by atoms with Crippen molar-refractivity contribution in [1.29, 1.82) is 0 Å². The highest BCUT2D eigenvalue weighted by Gasteiger charge is 2.15. The Balaban J connectivity index is 1.82. The number of amides is 1. The van der Waals surface area contributed by atoms with Gasteiger partial charge >= 0.3 is 6.09 Å². The summed E-state index contributed by atoms with van der Waals surface area (Å²) >= 11 is 0. The Morgan fingerprint density at radius 1 is 0.815 bits per heavy atom. The summed E-state index contributed by atoms with van der Waals surface area (Å²) in [5.74, 6) is 1.40. The number of anilines is 2. The molecule has 2 aromatic rings. The van der Waals surface area contributed by atoms with E-state index in [9.17, 15) is 4.79 Å². The zero-order valence-corrected chi connectivity index (χ0v) is 15.6. The SMILES string of the molecule is CCCOC(=O)N(CCOc1ccc(N)cc1)CCOc1ccc(N)cc1. The van der Waals surface area contributed by atoms with E-state index in [1.54, 1.807) is 53.4 Å². The Hall–Kier alpha value is -3.09. The molecule has 0 atom stereocenters. The van der Waals surface area contributed by atoms with Gasteiger partial charge in [0.05, 0.1) is 19.7 Å². The van der Waals surface area contributed by atoms with Gasteiger partial charge in [-0.05, 0) is 55.0 Å². The van der Waals surface area contributed by atoms with Crippen LogP contribution in [-0.4, -0.2) is 43.9 Å². The highest BCUT2D eigenvalue weighted by Crippen LogP contribution is 2.14. The van der Waals surface area contributed by atoms with Gasteiger partial charge in [-0.25, -0.2) is 4.79 Å². The number of carbonyl (C=O) groups excluding carboxylic acids is 1. The first-order chi connectivity index (χ1) is 13.1. The smallest absolute Gasteiger partial charge is 0.409 e. The molecule has 0 aliphatic heterocycles. The summed E-state index contributed by atoms with van der Waals surface area (Å²) in [6.07, 6.45) is 0.391. The van der Waals surface area contributed by atoms with Crippen LogP contribution in [0.15, 0.2) is 48.5 Å². The molecule has 27 heavy (non-hydrogen) atoms. The Labute approximate surface area is 159 Å². The zero-order chi connectivity index (χ0) is 19.5. The van der Waals surface area contributed by atoms with Crippen molar-refractivity contribution in [1.82, 2.24) is 4.90 Å². The van der Waals surface area contributed by atoms with Crippen molar-refractivity contribution < 1.29 is 19.0 Å². The molecule has 2 aromatic carbocycles. The molecule has 0 heterocycles. The Morgan fingerprint density at radius 2 is 1.26 bits per heavy atom. The van der Waals surface area contributed by atoms with Gasteiger partial charge in [-0.1, -0.05) is 6.92 Å². The lowest BCUT2D eigenvalue weighted by Crippen LogP contribution is -2.38. The fourth-order valence-electron chi connectivity index (χ4n) is 2.25. The van der Waals surface area contributed by atoms with Gasteiger partial charge in [0.15, 0.2) is 0 Å². The third-order valence-electron chi connectivity index (χ3n) is 3.71. The van der Waals surface area contributed by atoms with E-state index in [0.717, 1.165) is 6.42 Å². The lowest BCUT2D eigenvalue weighted by molar-refractivity contribution is 0.0898. The summed E-state index contributed by atoms with van der Waals surface area (Å²) in [6.45, 7) is 3.79. The van der Waals surface area contributed by atoms with Crippen molar-refractivity contribution in [2.75, 3.05) is 44.4 Å². The minimum atomic E-state index is -0.376. The van der Waals surface area contributed by atoms with Gasteiger partial charge < -0.3 is 30.6 Å². The highest BCUT2D eigenvalue weighted by molar-refractivity contribution is 5.67. The molecule has 0 radical (unpaired) electrons. The van der Waals surface area contributed by atoms with Crippen LogP contribution in [0.4, 0.5) is 16.2 Å². The first-order valence-corrected chi connectivity index (χ1v) is 8.97. The third kappa shape index (κ3) is 7.35. The molecule has 0 aliphatic rings. The van der Waals surface area contributed by atoms with Crippen molar-refractivity contribution >= 4 is 17.5 Å². The number of hydrogen-bond acceptors (Lipinski definition) is 6. The summed E-state index contributed by atoms with van der Waals surface area (Å²) in [5, 5.41) is 0. The Kier molecular flexibility index (Phi) is 8.09. The minimum Gasteiger partial charge on any atom is -0.492 e. The molecule has 0 bridgehead atoms. The van der Waals surface area contributed by atoms with Crippen molar-refractivity contribution in [2.24, 2.45) is 0 Å². The largest absolute Gasteiger partial charge is 0.492 e. The fourth-order valence-corrected chi connectivity index (χ4v) is 2.25. The maximum absolute atomic E-state index is 12.2. The maximum atomic E-state index is 12.2. The van der Waals surface area contributed by atoms with Gasteiger partial charge in [0.2, 0.25) is 0 Å². The summed E-state index contributed by atoms with van der Waals surface area (Å²) in [6, 6.07) is 14.2. The summed E-state index contributed by atoms with van der Waals surface area (Å²) in [5.41, 5.74) is 12.7. The molecule has 1 amide bonds. The number of carbonyl (C=O) groups is 1. The van der Waals surface area contributed by atoms with E-state index in [1.807, 2.05) is 6.92 Å². The summed E-state index contributed by atoms with van der Waals surface area (Å²) in [7, 11) is 0. The third-order valence-corrected chi connectivity index (χ3v) is 3.71. The monoisotopic (exact) mass is 373 g/mol. The van der Waals surface area contributed by atoms with Crippen LogP contribution in [0, 0.1) is 0 Å². The Morgan fingerprint density at radius 3 is 1.67 bits per heavy atom. The molecule has 4 N–H and O–H groups in total. The van der Waals surface area contributed by atoms with Crippen LogP contribution in [0.5, 0.6) is 11.5 Å². The second-order valence-corrected chi connectivity index (χ2v) is 5.94. The number of nitrogen functional groups attached to an aromatic ring is 2. The molecular formula is C20H27N3O4. The van der Waals surface area contributed by atoms with Gasteiger partial charge in [-0.2, -0.15) is 0 Å². The fraction of sp³-hybridized carbons (Fsp3) is 0.350. The van der Waals surface area contributed by atoms with Gasteiger partial charge in [0.1, 0.15) is 24.7 Å². The van der Waals surface area contributed by atoms with Crippen molar-refractivity contribution in [3.8, 4) is 11.5 Å². The van der Waals surface area contributed by atoms with Crippen molar-refractivity contribution in [3.05, 3.63) is 48.5 Å². The maximum Gasteiger partial charge on any atom is 0.409 e. The molecule has 0 saturated carbocycles. The molecular weight excluding hydrogens is 346 g/mol. The van der Waals surface area contributed by atoms with E-state index in [2.05, 4.69) is 0 Å². The first kappa shape index (κ1) is 20.2. The minimum absolute atomic E-state index is 0.340. The van der Waals surface area contributed by atoms with Crippen LogP contribution >= 0.6 is 0 Å². The van der Waals surface area contributed by atoms with E-state index >= 15 is 0 Å². The van der Waals surface area contributed by atoms with E-state index in [-0.39, 0.29) is 6.09 Å². The van der Waals surface area contributed by atoms with Gasteiger partial charge in [0.25, 0.3) is 0 Å². The predicted molar refractivity (Wildman–Crippen MR) is 106 cm³/mol. The Bertz CT molecular complexity index is 638. The summed E-state index contributed by atoms with van der Waals surface area (Å²) < 4.78 is 16.6. The highest BCUT2D eigenvalue weighted by atomic mass is 16.6. The van der Waals surface area contributed by atoms with Crippen LogP contribution in [-0.2, 0) is 4.74 Å². The molecule has 7 heteroatoms. The zero-order valence-electron chi connectivity index (χ0n) is 15.6. The molecule has 0 aliphatic carbocycles. The average Bonchev–Trinajstić information content (AvgIpc) is 2.68. The molecule has 7 nitrogen and oxygen atoms in total. The van der Waals surface area contributed by atoms with E-state index in [0.29, 0.717) is 55.8 Å². The molecule has 0 fully saturated rings. The van der Waals surface area contributed by atoms with Crippen LogP contribution in [0.2, 0.25) is 0 Å². The lowest BCUT2D eigenvalue weighted by atomic mass is 10.3. The number of benzene rings is 2. The van der Waals surface area contributed by atoms with Crippen LogP contribution in [0.1, 0.15) is 13.3 Å². The number of hydrogen-bond donors (Lipinski definition) is 2. The second-order valence-electron chi connectivity index (χ2n) is 5.94. The predicted octanol–water partition coefficient (Wildman–Crippen LogP) is 3.16. The summed E-state index contributed by atoms with van der Waals surface area (Å²) in [4.78, 5) is 13.8. The van der Waals surface area contributed by atoms with Crippen LogP contribution in [0.25, 0.3) is 0 Å². The van der Waals surface area contributed by atoms with Crippen LogP contribution < -0.4 is 20.9 Å². The molecule has 2 rings (SSSR count). The standard InChI is InChI=1S/C20H27N3O4/c1-2-13-27-20(24)23(11-14-25-18-7-3-16(21)4-8-18)12-15-26-19-9-5-17(22)6-10-19/h3-10H,2,11-15,21-22H2,1H3. The number of ether oxygens (including phenoxy) is 3. The van der Waals surface area contributed by atoms with Gasteiger partial charge in [-0.15, -0.1) is 0 Å². The van der Waals surface area contributed by atoms with E-state index < -0.39 is 0 Å². The van der Waals surface area contributed by atoms with Crippen molar-refractivity contribution in [2.45, 2.75) is 13.3 Å². The van der Waals surface area contributed by atoms with Gasteiger partial charge in [0, 0.05) is 11.4 Å². The van der Waals surface area contributed by atoms with Crippen LogP contribution in [0.3, 0.4) is 0 Å². The molecule has 146 valence electrons. The average molecular weight is 373 g/mol. The lowest BCUT2D eigenvalue weighted by Gasteiger charge is -2.22. The number of nitrogens with two attached hydrogens (primary N) is 2. The quantitative estimate of drug-likeness (QED) is 0.621. The molecule has 0 aromatic heterocycles. The van der Waals surface area contributed by atoms with Gasteiger partial charge in [-0.3, -0.25) is 0 Å². The molecule has 0 spiro atoms. The topological polar surface area (TPSA) is 100 Å². The number of rotatable bonds is 10. The normalized spacial score (nSPS) is 10.3.